The maximum Gasteiger partial charge on any atom is 0.313 e. The monoisotopic (exact) mass is 393 g/mol. The van der Waals surface area contributed by atoms with Crippen molar-refractivity contribution in [1.29, 1.82) is 0 Å². The topological polar surface area (TPSA) is 70.7 Å². The number of benzene rings is 1. The molecule has 2 saturated heterocycles. The Hall–Kier alpha value is -1.63. The van der Waals surface area contributed by atoms with E-state index in [9.17, 15) is 9.59 Å². The first-order chi connectivity index (χ1) is 13.0. The minimum atomic E-state index is -0.658. The van der Waals surface area contributed by atoms with Crippen molar-refractivity contribution in [2.75, 3.05) is 38.2 Å². The van der Waals surface area contributed by atoms with Crippen molar-refractivity contribution in [3.05, 3.63) is 28.8 Å². The first-order valence-corrected chi connectivity index (χ1v) is 10.1. The van der Waals surface area contributed by atoms with Gasteiger partial charge in [-0.2, -0.15) is 0 Å². The van der Waals surface area contributed by atoms with Gasteiger partial charge >= 0.3 is 11.8 Å². The number of amides is 2. The van der Waals surface area contributed by atoms with E-state index in [0.717, 1.165) is 57.6 Å². The number of anilines is 1. The minimum Gasteiger partial charge on any atom is -0.381 e. The standard InChI is InChI=1S/C20H28ClN3O3/c1-14-2-3-16(12-18(14)21)23-20(26)19(25)22-13-15-4-8-24(9-5-15)17-6-10-27-11-7-17/h2-3,12,15,17H,4-11,13H2,1H3,(H,22,25)(H,23,26). The molecule has 0 atom stereocenters. The van der Waals surface area contributed by atoms with Crippen LogP contribution in [0.2, 0.25) is 5.02 Å². The molecule has 2 aliphatic rings. The number of aryl methyl sites for hydroxylation is 1. The van der Waals surface area contributed by atoms with Gasteiger partial charge in [0.05, 0.1) is 0 Å². The van der Waals surface area contributed by atoms with Crippen molar-refractivity contribution in [2.45, 2.75) is 38.6 Å². The van der Waals surface area contributed by atoms with Crippen LogP contribution in [0.4, 0.5) is 5.69 Å². The summed E-state index contributed by atoms with van der Waals surface area (Å²) in [4.78, 5) is 26.7. The number of nitrogens with one attached hydrogen (secondary N) is 2. The van der Waals surface area contributed by atoms with Crippen LogP contribution in [-0.2, 0) is 14.3 Å². The summed E-state index contributed by atoms with van der Waals surface area (Å²) >= 11 is 6.04. The second-order valence-corrected chi connectivity index (χ2v) is 7.86. The van der Waals surface area contributed by atoms with Gasteiger partial charge in [0, 0.05) is 36.5 Å². The van der Waals surface area contributed by atoms with E-state index in [1.165, 1.54) is 0 Å². The van der Waals surface area contributed by atoms with E-state index in [1.54, 1.807) is 12.1 Å². The Morgan fingerprint density at radius 2 is 1.85 bits per heavy atom. The number of hydrogen-bond acceptors (Lipinski definition) is 4. The SMILES string of the molecule is Cc1ccc(NC(=O)C(=O)NCC2CCN(C3CCOCC3)CC2)cc1Cl. The number of likely N-dealkylation sites (tertiary alicyclic amines) is 1. The van der Waals surface area contributed by atoms with Crippen LogP contribution >= 0.6 is 11.6 Å². The Balaban J connectivity index is 1.38. The van der Waals surface area contributed by atoms with Crippen LogP contribution in [0.15, 0.2) is 18.2 Å². The summed E-state index contributed by atoms with van der Waals surface area (Å²) < 4.78 is 5.43. The normalized spacial score (nSPS) is 19.6. The van der Waals surface area contributed by atoms with E-state index >= 15 is 0 Å². The molecule has 0 unspecified atom stereocenters. The summed E-state index contributed by atoms with van der Waals surface area (Å²) in [7, 11) is 0. The van der Waals surface area contributed by atoms with E-state index in [-0.39, 0.29) is 0 Å². The first kappa shape index (κ1) is 20.1. The number of hydrogen-bond donors (Lipinski definition) is 2. The fourth-order valence-electron chi connectivity index (χ4n) is 3.75. The molecule has 27 heavy (non-hydrogen) atoms. The van der Waals surface area contributed by atoms with Crippen LogP contribution in [0.5, 0.6) is 0 Å². The van der Waals surface area contributed by atoms with Gasteiger partial charge in [-0.25, -0.2) is 0 Å². The quantitative estimate of drug-likeness (QED) is 0.771. The molecule has 1 aromatic carbocycles. The smallest absolute Gasteiger partial charge is 0.313 e. The molecule has 0 saturated carbocycles. The second-order valence-electron chi connectivity index (χ2n) is 7.45. The lowest BCUT2D eigenvalue weighted by molar-refractivity contribution is -0.136. The molecule has 3 rings (SSSR count). The Labute approximate surface area is 165 Å². The number of piperidine rings is 1. The van der Waals surface area contributed by atoms with Gasteiger partial charge in [0.25, 0.3) is 0 Å². The van der Waals surface area contributed by atoms with Crippen molar-refractivity contribution in [3.8, 4) is 0 Å². The number of nitrogens with zero attached hydrogens (tertiary/aromatic N) is 1. The maximum atomic E-state index is 12.1. The number of ether oxygens (including phenoxy) is 1. The molecule has 7 heteroatoms. The largest absolute Gasteiger partial charge is 0.381 e. The fraction of sp³-hybridized carbons (Fsp3) is 0.600. The van der Waals surface area contributed by atoms with Crippen LogP contribution < -0.4 is 10.6 Å². The summed E-state index contributed by atoms with van der Waals surface area (Å²) in [6.45, 7) is 6.26. The van der Waals surface area contributed by atoms with Gasteiger partial charge in [-0.1, -0.05) is 17.7 Å². The zero-order valence-corrected chi connectivity index (χ0v) is 16.6. The predicted molar refractivity (Wildman–Crippen MR) is 106 cm³/mol. The minimum absolute atomic E-state index is 0.423. The van der Waals surface area contributed by atoms with Gasteiger partial charge in [0.15, 0.2) is 0 Å². The van der Waals surface area contributed by atoms with Gasteiger partial charge in [0.1, 0.15) is 0 Å². The number of halogens is 1. The molecule has 1 aromatic rings. The van der Waals surface area contributed by atoms with E-state index in [1.807, 2.05) is 13.0 Å². The molecule has 0 radical (unpaired) electrons. The Bertz CT molecular complexity index is 668. The summed E-state index contributed by atoms with van der Waals surface area (Å²) in [5.74, 6) is -0.834. The van der Waals surface area contributed by atoms with Gasteiger partial charge < -0.3 is 20.3 Å². The lowest BCUT2D eigenvalue weighted by Gasteiger charge is -2.39. The van der Waals surface area contributed by atoms with E-state index in [2.05, 4.69) is 15.5 Å². The Morgan fingerprint density at radius 1 is 1.15 bits per heavy atom. The van der Waals surface area contributed by atoms with Crippen molar-refractivity contribution < 1.29 is 14.3 Å². The highest BCUT2D eigenvalue weighted by Gasteiger charge is 2.27. The maximum absolute atomic E-state index is 12.1. The van der Waals surface area contributed by atoms with E-state index in [4.69, 9.17) is 16.3 Å². The van der Waals surface area contributed by atoms with E-state index in [0.29, 0.717) is 29.2 Å². The zero-order chi connectivity index (χ0) is 19.2. The van der Waals surface area contributed by atoms with Gasteiger partial charge in [-0.3, -0.25) is 9.59 Å². The molecular weight excluding hydrogens is 366 g/mol. The average Bonchev–Trinajstić information content (AvgIpc) is 2.70. The van der Waals surface area contributed by atoms with Crippen molar-refractivity contribution in [2.24, 2.45) is 5.92 Å². The van der Waals surface area contributed by atoms with Crippen molar-refractivity contribution >= 4 is 29.1 Å². The molecule has 0 bridgehead atoms. The molecule has 6 nitrogen and oxygen atoms in total. The lowest BCUT2D eigenvalue weighted by atomic mass is 9.94. The molecule has 0 spiro atoms. The summed E-state index contributed by atoms with van der Waals surface area (Å²) in [6, 6.07) is 5.83. The first-order valence-electron chi connectivity index (χ1n) is 9.70. The van der Waals surface area contributed by atoms with Gasteiger partial charge in [-0.15, -0.1) is 0 Å². The van der Waals surface area contributed by atoms with Crippen LogP contribution in [0.1, 0.15) is 31.2 Å². The number of rotatable bonds is 4. The predicted octanol–water partition coefficient (Wildman–Crippen LogP) is 2.59. The molecule has 0 aliphatic carbocycles. The highest BCUT2D eigenvalue weighted by Crippen LogP contribution is 2.23. The van der Waals surface area contributed by atoms with Crippen LogP contribution in [0.25, 0.3) is 0 Å². The number of carbonyl (C=O) groups excluding carboxylic acids is 2. The van der Waals surface area contributed by atoms with Crippen molar-refractivity contribution in [1.82, 2.24) is 10.2 Å². The Morgan fingerprint density at radius 3 is 2.52 bits per heavy atom. The Kier molecular flexibility index (Phi) is 7.10. The molecule has 2 heterocycles. The van der Waals surface area contributed by atoms with Gasteiger partial charge in [0.2, 0.25) is 0 Å². The fourth-order valence-corrected chi connectivity index (χ4v) is 3.93. The molecule has 0 aromatic heterocycles. The second kappa shape index (κ2) is 9.53. The molecular formula is C20H28ClN3O3. The molecule has 2 fully saturated rings. The third-order valence-electron chi connectivity index (χ3n) is 5.54. The van der Waals surface area contributed by atoms with Crippen LogP contribution in [0.3, 0.4) is 0 Å². The molecule has 2 N–H and O–H groups in total. The highest BCUT2D eigenvalue weighted by atomic mass is 35.5. The highest BCUT2D eigenvalue weighted by molar-refractivity contribution is 6.39. The molecule has 148 valence electrons. The van der Waals surface area contributed by atoms with Crippen molar-refractivity contribution in [3.63, 3.8) is 0 Å². The molecule has 2 amide bonds. The van der Waals surface area contributed by atoms with E-state index < -0.39 is 11.8 Å². The van der Waals surface area contributed by atoms with Gasteiger partial charge in [-0.05, 0) is 69.3 Å². The summed E-state index contributed by atoms with van der Waals surface area (Å²) in [5, 5.41) is 5.92. The zero-order valence-electron chi connectivity index (χ0n) is 15.8. The van der Waals surface area contributed by atoms with Crippen LogP contribution in [0, 0.1) is 12.8 Å². The third kappa shape index (κ3) is 5.67. The average molecular weight is 394 g/mol. The lowest BCUT2D eigenvalue weighted by Crippen LogP contribution is -2.46. The summed E-state index contributed by atoms with van der Waals surface area (Å²) in [6.07, 6.45) is 4.33. The third-order valence-corrected chi connectivity index (χ3v) is 5.95. The number of carbonyl (C=O) groups is 2. The summed E-state index contributed by atoms with van der Waals surface area (Å²) in [5.41, 5.74) is 1.45. The van der Waals surface area contributed by atoms with Crippen LogP contribution in [-0.4, -0.2) is 55.6 Å². The molecule has 2 aliphatic heterocycles.